The third-order valence-electron chi connectivity index (χ3n) is 4.74. The fourth-order valence-corrected chi connectivity index (χ4v) is 3.37. The second-order valence-corrected chi connectivity index (χ2v) is 6.71. The van der Waals surface area contributed by atoms with Crippen molar-refractivity contribution in [2.24, 2.45) is 0 Å². The van der Waals surface area contributed by atoms with E-state index < -0.39 is 6.09 Å². The maximum absolute atomic E-state index is 13.1. The highest BCUT2D eigenvalue weighted by Gasteiger charge is 2.31. The molecule has 1 amide bonds. The Morgan fingerprint density at radius 3 is 2.29 bits per heavy atom. The van der Waals surface area contributed by atoms with Gasteiger partial charge < -0.3 is 4.74 Å². The van der Waals surface area contributed by atoms with Gasteiger partial charge in [0.2, 0.25) is 0 Å². The van der Waals surface area contributed by atoms with Crippen LogP contribution in [0.15, 0.2) is 96.6 Å². The van der Waals surface area contributed by atoms with Crippen molar-refractivity contribution in [3.8, 4) is 5.75 Å². The van der Waals surface area contributed by atoms with Crippen LogP contribution in [0.2, 0.25) is 0 Å². The fraction of sp³-hybridized carbons (Fsp3) is 0.0800. The molecule has 0 saturated carbocycles. The first-order valence-corrected chi connectivity index (χ1v) is 9.29. The topological polar surface area (TPSA) is 29.5 Å². The van der Waals surface area contributed by atoms with E-state index in [0.29, 0.717) is 5.75 Å². The predicted octanol–water partition coefficient (Wildman–Crippen LogP) is 6.19. The Morgan fingerprint density at radius 2 is 1.54 bits per heavy atom. The van der Waals surface area contributed by atoms with Crippen LogP contribution < -0.4 is 9.64 Å². The number of ether oxygens (including phenoxy) is 1. The van der Waals surface area contributed by atoms with Gasteiger partial charge in [-0.2, -0.15) is 0 Å². The van der Waals surface area contributed by atoms with E-state index in [1.807, 2.05) is 91.9 Å². The normalized spacial score (nSPS) is 15.8. The van der Waals surface area contributed by atoms with E-state index in [1.165, 1.54) is 0 Å². The Hall–Kier alpha value is -3.59. The lowest BCUT2D eigenvalue weighted by atomic mass is 9.96. The van der Waals surface area contributed by atoms with Crippen LogP contribution in [0.25, 0.3) is 12.2 Å². The Bertz CT molecular complexity index is 1020. The first-order chi connectivity index (χ1) is 13.7. The Morgan fingerprint density at radius 1 is 0.893 bits per heavy atom. The Balaban J connectivity index is 1.70. The lowest BCUT2D eigenvalue weighted by Gasteiger charge is -2.34. The molecule has 1 atom stereocenters. The molecule has 3 aromatic rings. The quantitative estimate of drug-likeness (QED) is 0.552. The van der Waals surface area contributed by atoms with Crippen molar-refractivity contribution in [3.63, 3.8) is 0 Å². The largest absolute Gasteiger partial charge is 0.420 e. The standard InChI is InChI=1S/C25H21NO2/c1-19-18-21-12-8-9-15-24(21)26(25(27)28-22-13-6-3-7-14-22)23(19)17-16-20-10-4-2-5-11-20/h2-18,23H,1H3/b17-16+/t23-/m1/s1. The van der Waals surface area contributed by atoms with Crippen LogP contribution in [-0.4, -0.2) is 12.1 Å². The molecule has 1 heterocycles. The summed E-state index contributed by atoms with van der Waals surface area (Å²) in [7, 11) is 0. The summed E-state index contributed by atoms with van der Waals surface area (Å²) in [5.41, 5.74) is 4.02. The molecule has 0 N–H and O–H groups in total. The highest BCUT2D eigenvalue weighted by atomic mass is 16.6. The second-order valence-electron chi connectivity index (χ2n) is 6.71. The van der Waals surface area contributed by atoms with Crippen LogP contribution in [-0.2, 0) is 0 Å². The van der Waals surface area contributed by atoms with Crippen molar-refractivity contribution < 1.29 is 9.53 Å². The highest BCUT2D eigenvalue weighted by Crippen LogP contribution is 2.34. The number of benzene rings is 3. The molecule has 0 aromatic heterocycles. The first-order valence-electron chi connectivity index (χ1n) is 9.29. The van der Waals surface area contributed by atoms with Crippen LogP contribution in [0.5, 0.6) is 5.75 Å². The number of fused-ring (bicyclic) bond motifs is 1. The molecule has 138 valence electrons. The number of anilines is 1. The molecule has 0 unspecified atom stereocenters. The molecule has 1 aliphatic rings. The van der Waals surface area contributed by atoms with E-state index >= 15 is 0 Å². The van der Waals surface area contributed by atoms with Gasteiger partial charge in [-0.25, -0.2) is 4.79 Å². The number of hydrogen-bond donors (Lipinski definition) is 0. The predicted molar refractivity (Wildman–Crippen MR) is 114 cm³/mol. The molecule has 0 saturated heterocycles. The summed E-state index contributed by atoms with van der Waals surface area (Å²) < 4.78 is 5.67. The lowest BCUT2D eigenvalue weighted by Crippen LogP contribution is -2.43. The minimum atomic E-state index is -0.395. The van der Waals surface area contributed by atoms with Crippen molar-refractivity contribution in [2.75, 3.05) is 4.90 Å². The Labute approximate surface area is 165 Å². The lowest BCUT2D eigenvalue weighted by molar-refractivity contribution is 0.206. The number of carbonyl (C=O) groups is 1. The summed E-state index contributed by atoms with van der Waals surface area (Å²) in [4.78, 5) is 14.9. The van der Waals surface area contributed by atoms with Gasteiger partial charge in [0.15, 0.2) is 0 Å². The van der Waals surface area contributed by atoms with Gasteiger partial charge in [-0.15, -0.1) is 0 Å². The summed E-state index contributed by atoms with van der Waals surface area (Å²) in [6, 6.07) is 26.9. The zero-order chi connectivity index (χ0) is 19.3. The van der Waals surface area contributed by atoms with Gasteiger partial charge in [-0.3, -0.25) is 4.90 Å². The van der Waals surface area contributed by atoms with Gasteiger partial charge in [-0.1, -0.05) is 85.0 Å². The molecule has 3 nitrogen and oxygen atoms in total. The summed E-state index contributed by atoms with van der Waals surface area (Å²) >= 11 is 0. The van der Waals surface area contributed by atoms with Gasteiger partial charge in [0.05, 0.1) is 11.7 Å². The number of hydrogen-bond acceptors (Lipinski definition) is 2. The molecule has 0 radical (unpaired) electrons. The summed E-state index contributed by atoms with van der Waals surface area (Å²) in [6.07, 6.45) is 5.82. The molecular weight excluding hydrogens is 346 g/mol. The monoisotopic (exact) mass is 367 g/mol. The summed E-state index contributed by atoms with van der Waals surface area (Å²) in [5.74, 6) is 0.531. The van der Waals surface area contributed by atoms with Gasteiger partial charge in [0, 0.05) is 0 Å². The smallest absolute Gasteiger partial charge is 0.410 e. The molecule has 1 aliphatic heterocycles. The summed E-state index contributed by atoms with van der Waals surface area (Å²) in [5, 5.41) is 0. The zero-order valence-electron chi connectivity index (χ0n) is 15.7. The average Bonchev–Trinajstić information content (AvgIpc) is 2.73. The number of rotatable bonds is 3. The average molecular weight is 367 g/mol. The zero-order valence-corrected chi connectivity index (χ0v) is 15.7. The van der Waals surface area contributed by atoms with E-state index in [1.54, 1.807) is 17.0 Å². The van der Waals surface area contributed by atoms with Crippen LogP contribution in [0.1, 0.15) is 18.1 Å². The summed E-state index contributed by atoms with van der Waals surface area (Å²) in [6.45, 7) is 2.04. The molecule has 0 aliphatic carbocycles. The van der Waals surface area contributed by atoms with Crippen molar-refractivity contribution >= 4 is 23.9 Å². The van der Waals surface area contributed by atoms with Gasteiger partial charge in [0.1, 0.15) is 5.75 Å². The molecule has 28 heavy (non-hydrogen) atoms. The molecule has 0 spiro atoms. The molecule has 0 bridgehead atoms. The number of nitrogens with zero attached hydrogens (tertiary/aromatic N) is 1. The SMILES string of the molecule is CC1=Cc2ccccc2N(C(=O)Oc2ccccc2)[C@@H]1/C=C/c1ccccc1. The van der Waals surface area contributed by atoms with E-state index in [9.17, 15) is 4.79 Å². The molecule has 3 heteroatoms. The first kappa shape index (κ1) is 17.8. The van der Waals surface area contributed by atoms with E-state index in [2.05, 4.69) is 6.08 Å². The fourth-order valence-electron chi connectivity index (χ4n) is 3.37. The maximum atomic E-state index is 13.1. The van der Waals surface area contributed by atoms with E-state index in [0.717, 1.165) is 22.4 Å². The van der Waals surface area contributed by atoms with Crippen LogP contribution in [0.3, 0.4) is 0 Å². The van der Waals surface area contributed by atoms with Crippen molar-refractivity contribution in [2.45, 2.75) is 13.0 Å². The van der Waals surface area contributed by atoms with Gasteiger partial charge in [-0.05, 0) is 41.8 Å². The van der Waals surface area contributed by atoms with Crippen molar-refractivity contribution in [1.29, 1.82) is 0 Å². The molecule has 4 rings (SSSR count). The second kappa shape index (κ2) is 7.97. The minimum absolute atomic E-state index is 0.216. The number of amides is 1. The molecule has 0 fully saturated rings. The Kier molecular flexibility index (Phi) is 5.07. The van der Waals surface area contributed by atoms with Crippen LogP contribution in [0, 0.1) is 0 Å². The molecular formula is C25H21NO2. The van der Waals surface area contributed by atoms with Gasteiger partial charge in [0.25, 0.3) is 0 Å². The third kappa shape index (κ3) is 3.74. The van der Waals surface area contributed by atoms with Gasteiger partial charge >= 0.3 is 6.09 Å². The van der Waals surface area contributed by atoms with Crippen molar-refractivity contribution in [1.82, 2.24) is 0 Å². The van der Waals surface area contributed by atoms with Crippen LogP contribution in [0.4, 0.5) is 10.5 Å². The van der Waals surface area contributed by atoms with E-state index in [4.69, 9.17) is 4.74 Å². The number of carbonyl (C=O) groups excluding carboxylic acids is 1. The third-order valence-corrected chi connectivity index (χ3v) is 4.74. The van der Waals surface area contributed by atoms with Crippen LogP contribution >= 0.6 is 0 Å². The van der Waals surface area contributed by atoms with E-state index in [-0.39, 0.29) is 6.04 Å². The molecule has 3 aromatic carbocycles. The minimum Gasteiger partial charge on any atom is -0.410 e. The maximum Gasteiger partial charge on any atom is 0.420 e. The highest BCUT2D eigenvalue weighted by molar-refractivity contribution is 5.96. The number of para-hydroxylation sites is 2. The van der Waals surface area contributed by atoms with Crippen molar-refractivity contribution in [3.05, 3.63) is 108 Å².